The zero-order chi connectivity index (χ0) is 18.1. The van der Waals surface area contributed by atoms with Gasteiger partial charge < -0.3 is 10.2 Å². The van der Waals surface area contributed by atoms with Gasteiger partial charge in [-0.15, -0.1) is 0 Å². The molecule has 1 N–H and O–H groups in total. The number of aryl methyl sites for hydroxylation is 1. The third kappa shape index (κ3) is 3.31. The molecule has 1 fully saturated rings. The predicted molar refractivity (Wildman–Crippen MR) is 109 cm³/mol. The number of para-hydroxylation sites is 1. The highest BCUT2D eigenvalue weighted by molar-refractivity contribution is 7.22. The molecule has 1 aliphatic heterocycles. The predicted octanol–water partition coefficient (Wildman–Crippen LogP) is 4.77. The number of carbonyl (C=O) groups is 1. The average Bonchev–Trinajstić information content (AvgIpc) is 3.10. The Morgan fingerprint density at radius 3 is 2.88 bits per heavy atom. The van der Waals surface area contributed by atoms with Crippen LogP contribution >= 0.6 is 11.3 Å². The molecule has 1 atom stereocenters. The van der Waals surface area contributed by atoms with Crippen LogP contribution in [0.4, 0.5) is 10.8 Å². The Morgan fingerprint density at radius 1 is 1.19 bits per heavy atom. The Balaban J connectivity index is 1.49. The number of amides is 1. The number of carbonyl (C=O) groups excluding carboxylic acids is 1. The minimum Gasteiger partial charge on any atom is -0.347 e. The summed E-state index contributed by atoms with van der Waals surface area (Å²) in [5, 5.41) is 4.16. The number of benzene rings is 2. The summed E-state index contributed by atoms with van der Waals surface area (Å²) in [6.07, 6.45) is 1.94. The third-order valence-electron chi connectivity index (χ3n) is 5.21. The fourth-order valence-corrected chi connectivity index (χ4v) is 4.48. The number of piperidine rings is 1. The molecule has 2 heterocycles. The van der Waals surface area contributed by atoms with Crippen molar-refractivity contribution in [2.75, 3.05) is 23.3 Å². The lowest BCUT2D eigenvalue weighted by atomic mass is 9.97. The number of anilines is 2. The fraction of sp³-hybridized carbons (Fsp3) is 0.333. The average molecular weight is 366 g/mol. The summed E-state index contributed by atoms with van der Waals surface area (Å²) < 4.78 is 1.20. The van der Waals surface area contributed by atoms with Gasteiger partial charge >= 0.3 is 0 Å². The molecule has 0 saturated carbocycles. The van der Waals surface area contributed by atoms with Crippen LogP contribution in [0.1, 0.15) is 24.0 Å². The van der Waals surface area contributed by atoms with Crippen molar-refractivity contribution in [3.8, 4) is 0 Å². The van der Waals surface area contributed by atoms with Crippen LogP contribution in [0.3, 0.4) is 0 Å². The first-order valence-corrected chi connectivity index (χ1v) is 9.91. The Kier molecular flexibility index (Phi) is 4.64. The van der Waals surface area contributed by atoms with Gasteiger partial charge in [0, 0.05) is 18.8 Å². The molecule has 1 saturated heterocycles. The second-order valence-corrected chi connectivity index (χ2v) is 8.00. The highest BCUT2D eigenvalue weighted by Crippen LogP contribution is 2.32. The second kappa shape index (κ2) is 7.08. The minimum atomic E-state index is -0.00401. The second-order valence-electron chi connectivity index (χ2n) is 6.99. The van der Waals surface area contributed by atoms with Crippen LogP contribution in [0.5, 0.6) is 0 Å². The van der Waals surface area contributed by atoms with Crippen LogP contribution in [-0.2, 0) is 4.79 Å². The van der Waals surface area contributed by atoms with E-state index < -0.39 is 0 Å². The molecule has 4 nitrogen and oxygen atoms in total. The van der Waals surface area contributed by atoms with Gasteiger partial charge in [-0.3, -0.25) is 4.79 Å². The van der Waals surface area contributed by atoms with Crippen LogP contribution in [0.25, 0.3) is 10.2 Å². The largest absolute Gasteiger partial charge is 0.347 e. The molecule has 2 aromatic carbocycles. The maximum Gasteiger partial charge on any atom is 0.229 e. The van der Waals surface area contributed by atoms with Crippen molar-refractivity contribution in [1.82, 2.24) is 4.98 Å². The maximum atomic E-state index is 12.8. The van der Waals surface area contributed by atoms with E-state index in [9.17, 15) is 4.79 Å². The van der Waals surface area contributed by atoms with E-state index >= 15 is 0 Å². The monoisotopic (exact) mass is 365 g/mol. The van der Waals surface area contributed by atoms with Crippen molar-refractivity contribution >= 4 is 38.3 Å². The molecule has 26 heavy (non-hydrogen) atoms. The lowest BCUT2D eigenvalue weighted by Gasteiger charge is -2.31. The normalized spacial score (nSPS) is 17.5. The fourth-order valence-electron chi connectivity index (χ4n) is 3.48. The zero-order valence-electron chi connectivity index (χ0n) is 15.2. The topological polar surface area (TPSA) is 45.2 Å². The van der Waals surface area contributed by atoms with E-state index in [0.717, 1.165) is 47.8 Å². The molecule has 5 heteroatoms. The summed E-state index contributed by atoms with van der Waals surface area (Å²) in [4.78, 5) is 19.8. The summed E-state index contributed by atoms with van der Waals surface area (Å²) in [7, 11) is 0. The van der Waals surface area contributed by atoms with E-state index in [0.29, 0.717) is 0 Å². The Labute approximate surface area is 157 Å². The van der Waals surface area contributed by atoms with Gasteiger partial charge in [-0.05, 0) is 56.0 Å². The highest BCUT2D eigenvalue weighted by atomic mass is 32.1. The Bertz CT molecular complexity index is 916. The van der Waals surface area contributed by atoms with Gasteiger partial charge in [0.1, 0.15) is 0 Å². The summed E-state index contributed by atoms with van der Waals surface area (Å²) in [6, 6.07) is 14.2. The van der Waals surface area contributed by atoms with Crippen molar-refractivity contribution in [1.29, 1.82) is 0 Å². The number of fused-ring (bicyclic) bond motifs is 1. The van der Waals surface area contributed by atoms with E-state index in [1.807, 2.05) is 30.3 Å². The van der Waals surface area contributed by atoms with Crippen molar-refractivity contribution in [2.45, 2.75) is 26.7 Å². The first-order valence-electron chi connectivity index (χ1n) is 9.09. The molecule has 0 radical (unpaired) electrons. The van der Waals surface area contributed by atoms with E-state index in [-0.39, 0.29) is 11.8 Å². The van der Waals surface area contributed by atoms with Gasteiger partial charge in [0.2, 0.25) is 5.91 Å². The molecule has 0 bridgehead atoms. The molecule has 0 aliphatic carbocycles. The lowest BCUT2D eigenvalue weighted by molar-refractivity contribution is -0.120. The number of hydrogen-bond donors (Lipinski definition) is 1. The number of nitrogens with one attached hydrogen (secondary N) is 1. The van der Waals surface area contributed by atoms with Gasteiger partial charge in [0.15, 0.2) is 5.13 Å². The molecule has 3 aromatic rings. The third-order valence-corrected chi connectivity index (χ3v) is 6.30. The van der Waals surface area contributed by atoms with E-state index in [4.69, 9.17) is 4.98 Å². The molecule has 134 valence electrons. The van der Waals surface area contributed by atoms with Crippen LogP contribution < -0.4 is 10.2 Å². The number of hydrogen-bond acceptors (Lipinski definition) is 4. The summed E-state index contributed by atoms with van der Waals surface area (Å²) in [5.74, 6) is 0.111. The van der Waals surface area contributed by atoms with Gasteiger partial charge in [-0.25, -0.2) is 4.98 Å². The van der Waals surface area contributed by atoms with E-state index in [2.05, 4.69) is 36.2 Å². The molecule has 0 spiro atoms. The zero-order valence-corrected chi connectivity index (χ0v) is 16.0. The number of nitrogens with zero attached hydrogens (tertiary/aromatic N) is 2. The number of thiazole rings is 1. The van der Waals surface area contributed by atoms with Crippen LogP contribution in [0.15, 0.2) is 42.5 Å². The van der Waals surface area contributed by atoms with Gasteiger partial charge in [-0.1, -0.05) is 35.6 Å². The smallest absolute Gasteiger partial charge is 0.229 e. The molecule has 4 rings (SSSR count). The number of rotatable bonds is 3. The molecular formula is C21H23N3OS. The van der Waals surface area contributed by atoms with Crippen molar-refractivity contribution in [2.24, 2.45) is 5.92 Å². The first kappa shape index (κ1) is 17.0. The molecule has 0 unspecified atom stereocenters. The Hall–Kier alpha value is -2.40. The molecule has 1 aliphatic rings. The quantitative estimate of drug-likeness (QED) is 0.727. The molecular weight excluding hydrogens is 342 g/mol. The van der Waals surface area contributed by atoms with Crippen LogP contribution in [-0.4, -0.2) is 24.0 Å². The molecule has 1 amide bonds. The number of aromatic nitrogens is 1. The highest BCUT2D eigenvalue weighted by Gasteiger charge is 2.27. The van der Waals surface area contributed by atoms with Gasteiger partial charge in [-0.2, -0.15) is 0 Å². The Morgan fingerprint density at radius 2 is 2.04 bits per heavy atom. The summed E-state index contributed by atoms with van der Waals surface area (Å²) in [5.41, 5.74) is 4.30. The van der Waals surface area contributed by atoms with E-state index in [1.54, 1.807) is 11.3 Å². The van der Waals surface area contributed by atoms with Crippen LogP contribution in [0, 0.1) is 19.8 Å². The lowest BCUT2D eigenvalue weighted by Crippen LogP contribution is -2.40. The SMILES string of the molecule is Cc1cccc(NC(=O)[C@H]2CCCN(c3nc4ccccc4s3)C2)c1C. The van der Waals surface area contributed by atoms with Gasteiger partial charge in [0.05, 0.1) is 16.1 Å². The first-order chi connectivity index (χ1) is 12.6. The van der Waals surface area contributed by atoms with E-state index in [1.165, 1.54) is 10.3 Å². The van der Waals surface area contributed by atoms with Crippen LogP contribution in [0.2, 0.25) is 0 Å². The standard InChI is InChI=1S/C21H23N3OS/c1-14-7-5-10-17(15(14)2)22-20(25)16-8-6-12-24(13-16)21-23-18-9-3-4-11-19(18)26-21/h3-5,7,9-11,16H,6,8,12-13H2,1-2H3,(H,22,25)/t16-/m0/s1. The summed E-state index contributed by atoms with van der Waals surface area (Å²) >= 11 is 1.71. The minimum absolute atomic E-state index is 0.00401. The molecule has 1 aromatic heterocycles. The van der Waals surface area contributed by atoms with Crippen molar-refractivity contribution in [3.05, 3.63) is 53.6 Å². The van der Waals surface area contributed by atoms with Crippen molar-refractivity contribution in [3.63, 3.8) is 0 Å². The van der Waals surface area contributed by atoms with Gasteiger partial charge in [0.25, 0.3) is 0 Å². The summed E-state index contributed by atoms with van der Waals surface area (Å²) in [6.45, 7) is 5.82. The maximum absolute atomic E-state index is 12.8. The van der Waals surface area contributed by atoms with Crippen molar-refractivity contribution < 1.29 is 4.79 Å².